The van der Waals surface area contributed by atoms with E-state index in [0.717, 1.165) is 87.9 Å². The van der Waals surface area contributed by atoms with E-state index >= 15 is 0 Å². The van der Waals surface area contributed by atoms with E-state index in [9.17, 15) is 9.59 Å². The van der Waals surface area contributed by atoms with Crippen LogP contribution in [-0.2, 0) is 10.3 Å². The SMILES string of the molecule is CC[C@H]1CN(c2ncc(C3=NCCN3)cc2Cl)CCN1C1CCN(C(=O)c2ccc(C(C)(C)NC(=O)OC(C)(C)C)cc2)CC1. The second-order valence-corrected chi connectivity index (χ2v) is 14.2. The van der Waals surface area contributed by atoms with E-state index in [4.69, 9.17) is 21.3 Å². The number of rotatable bonds is 7. The molecule has 45 heavy (non-hydrogen) atoms. The van der Waals surface area contributed by atoms with Gasteiger partial charge in [0.25, 0.3) is 5.91 Å². The normalized spacial score (nSPS) is 20.1. The van der Waals surface area contributed by atoms with Gasteiger partial charge < -0.3 is 25.2 Å². The molecule has 2 saturated heterocycles. The van der Waals surface area contributed by atoms with Crippen molar-refractivity contribution in [3.05, 3.63) is 58.2 Å². The fraction of sp³-hybridized carbons (Fsp3) is 0.588. The molecule has 244 valence electrons. The average molecular weight is 638 g/mol. The Morgan fingerprint density at radius 1 is 1.07 bits per heavy atom. The number of carbonyl (C=O) groups excluding carboxylic acids is 2. The molecule has 10 nitrogen and oxygen atoms in total. The van der Waals surface area contributed by atoms with Gasteiger partial charge in [0, 0.05) is 68.7 Å². The maximum Gasteiger partial charge on any atom is 0.408 e. The number of amides is 2. The molecule has 0 aliphatic carbocycles. The van der Waals surface area contributed by atoms with Gasteiger partial charge in [0.2, 0.25) is 0 Å². The molecule has 2 aromatic rings. The molecule has 0 saturated carbocycles. The number of benzene rings is 1. The van der Waals surface area contributed by atoms with Crippen molar-refractivity contribution >= 4 is 35.3 Å². The zero-order valence-corrected chi connectivity index (χ0v) is 28.3. The molecule has 1 atom stereocenters. The van der Waals surface area contributed by atoms with Crippen LogP contribution in [0.15, 0.2) is 41.5 Å². The fourth-order valence-corrected chi connectivity index (χ4v) is 6.82. The summed E-state index contributed by atoms with van der Waals surface area (Å²) in [7, 11) is 0. The molecule has 4 heterocycles. The predicted molar refractivity (Wildman–Crippen MR) is 179 cm³/mol. The number of piperidine rings is 1. The van der Waals surface area contributed by atoms with Crippen LogP contribution < -0.4 is 15.5 Å². The summed E-state index contributed by atoms with van der Waals surface area (Å²) in [6.07, 6.45) is 4.35. The first kappa shape index (κ1) is 33.0. The van der Waals surface area contributed by atoms with E-state index in [-0.39, 0.29) is 5.91 Å². The molecule has 5 rings (SSSR count). The first-order valence-electron chi connectivity index (χ1n) is 16.2. The molecule has 0 radical (unpaired) electrons. The lowest BCUT2D eigenvalue weighted by Crippen LogP contribution is -2.58. The van der Waals surface area contributed by atoms with Gasteiger partial charge in [0.1, 0.15) is 17.3 Å². The van der Waals surface area contributed by atoms with Crippen LogP contribution in [0, 0.1) is 0 Å². The Labute approximate surface area is 272 Å². The number of pyridine rings is 1. The summed E-state index contributed by atoms with van der Waals surface area (Å²) in [6.45, 7) is 17.4. The largest absolute Gasteiger partial charge is 0.444 e. The maximum atomic E-state index is 13.4. The first-order valence-corrected chi connectivity index (χ1v) is 16.6. The van der Waals surface area contributed by atoms with E-state index in [2.05, 4.69) is 32.3 Å². The Morgan fingerprint density at radius 2 is 1.78 bits per heavy atom. The minimum absolute atomic E-state index is 0.0534. The molecule has 11 heteroatoms. The highest BCUT2D eigenvalue weighted by Crippen LogP contribution is 2.30. The van der Waals surface area contributed by atoms with E-state index in [0.29, 0.717) is 22.7 Å². The van der Waals surface area contributed by atoms with Crippen LogP contribution in [-0.4, -0.2) is 96.1 Å². The number of alkyl carbamates (subject to hydrolysis) is 1. The number of aromatic nitrogens is 1. The number of anilines is 1. The van der Waals surface area contributed by atoms with Crippen molar-refractivity contribution in [2.45, 2.75) is 84.0 Å². The van der Waals surface area contributed by atoms with Gasteiger partial charge in [-0.1, -0.05) is 30.7 Å². The van der Waals surface area contributed by atoms with Gasteiger partial charge in [-0.2, -0.15) is 0 Å². The lowest BCUT2D eigenvalue weighted by atomic mass is 9.93. The zero-order chi connectivity index (χ0) is 32.4. The number of aliphatic imine (C=N–C) groups is 1. The summed E-state index contributed by atoms with van der Waals surface area (Å²) >= 11 is 6.73. The zero-order valence-electron chi connectivity index (χ0n) is 27.5. The number of carbonyl (C=O) groups is 2. The summed E-state index contributed by atoms with van der Waals surface area (Å²) in [5.41, 5.74) is 1.29. The molecule has 0 spiro atoms. The van der Waals surface area contributed by atoms with Crippen molar-refractivity contribution < 1.29 is 14.3 Å². The van der Waals surface area contributed by atoms with Crippen molar-refractivity contribution in [1.29, 1.82) is 0 Å². The van der Waals surface area contributed by atoms with Crippen LogP contribution in [0.25, 0.3) is 0 Å². The second-order valence-electron chi connectivity index (χ2n) is 13.8. The quantitative estimate of drug-likeness (QED) is 0.438. The number of nitrogens with one attached hydrogen (secondary N) is 2. The molecule has 2 N–H and O–H groups in total. The summed E-state index contributed by atoms with van der Waals surface area (Å²) in [6, 6.07) is 10.4. The van der Waals surface area contributed by atoms with Gasteiger partial charge in [-0.25, -0.2) is 9.78 Å². The van der Waals surface area contributed by atoms with E-state index in [1.807, 2.05) is 76.0 Å². The maximum absolute atomic E-state index is 13.4. The van der Waals surface area contributed by atoms with Crippen molar-refractivity contribution in [2.24, 2.45) is 4.99 Å². The number of ether oxygens (including phenoxy) is 1. The predicted octanol–water partition coefficient (Wildman–Crippen LogP) is 5.05. The van der Waals surface area contributed by atoms with Crippen LogP contribution >= 0.6 is 11.6 Å². The van der Waals surface area contributed by atoms with Crippen LogP contribution in [0.3, 0.4) is 0 Å². The topological polar surface area (TPSA) is 102 Å². The molecule has 3 aliphatic rings. The van der Waals surface area contributed by atoms with E-state index < -0.39 is 17.2 Å². The van der Waals surface area contributed by atoms with E-state index in [1.54, 1.807) is 0 Å². The Kier molecular flexibility index (Phi) is 9.94. The first-order chi connectivity index (χ1) is 21.3. The minimum atomic E-state index is -0.644. The van der Waals surface area contributed by atoms with Gasteiger partial charge in [-0.3, -0.25) is 14.7 Å². The van der Waals surface area contributed by atoms with E-state index in [1.165, 1.54) is 0 Å². The molecule has 2 amide bonds. The smallest absolute Gasteiger partial charge is 0.408 e. The van der Waals surface area contributed by atoms with Gasteiger partial charge in [0.05, 0.1) is 17.1 Å². The number of nitrogens with zero attached hydrogens (tertiary/aromatic N) is 5. The highest BCUT2D eigenvalue weighted by molar-refractivity contribution is 6.33. The summed E-state index contributed by atoms with van der Waals surface area (Å²) in [5.74, 6) is 1.76. The molecule has 0 unspecified atom stereocenters. The molecule has 1 aromatic carbocycles. The van der Waals surface area contributed by atoms with Crippen LogP contribution in [0.2, 0.25) is 5.02 Å². The summed E-state index contributed by atoms with van der Waals surface area (Å²) in [4.78, 5) is 41.9. The number of hydrogen-bond donors (Lipinski definition) is 2. The third-order valence-corrected chi connectivity index (χ3v) is 9.23. The molecular formula is C34H48ClN7O3. The Morgan fingerprint density at radius 3 is 2.38 bits per heavy atom. The molecule has 2 fully saturated rings. The Hall–Kier alpha value is -3.37. The number of halogens is 1. The third-order valence-electron chi connectivity index (χ3n) is 8.96. The van der Waals surface area contributed by atoms with Crippen LogP contribution in [0.4, 0.5) is 10.6 Å². The van der Waals surface area contributed by atoms with Gasteiger partial charge in [0.15, 0.2) is 0 Å². The monoisotopic (exact) mass is 637 g/mol. The van der Waals surface area contributed by atoms with Crippen LogP contribution in [0.5, 0.6) is 0 Å². The number of likely N-dealkylation sites (tertiary alicyclic amines) is 1. The summed E-state index contributed by atoms with van der Waals surface area (Å²) in [5, 5.41) is 6.88. The average Bonchev–Trinajstić information content (AvgIpc) is 3.55. The number of piperazine rings is 1. The highest BCUT2D eigenvalue weighted by atomic mass is 35.5. The standard InChI is InChI=1S/C34H48ClN7O3/c1-7-26-22-41(30-28(35)20-24(21-38-30)29-36-14-15-37-29)18-19-42(26)27-12-16-40(17-13-27)31(43)23-8-10-25(11-9-23)34(5,6)39-32(44)45-33(2,3)4/h8-11,20-21,26-27H,7,12-19,22H2,1-6H3,(H,36,37)(H,39,44)/t26-/m0/s1. The minimum Gasteiger partial charge on any atom is -0.444 e. The molecular weight excluding hydrogens is 590 g/mol. The van der Waals surface area contributed by atoms with Gasteiger partial charge in [-0.05, 0) is 77.6 Å². The number of amidine groups is 1. The van der Waals surface area contributed by atoms with Crippen molar-refractivity contribution in [3.8, 4) is 0 Å². The highest BCUT2D eigenvalue weighted by Gasteiger charge is 2.35. The molecule has 0 bridgehead atoms. The second kappa shape index (κ2) is 13.5. The lowest BCUT2D eigenvalue weighted by Gasteiger charge is -2.47. The number of hydrogen-bond acceptors (Lipinski definition) is 8. The van der Waals surface area contributed by atoms with Gasteiger partial charge in [-0.15, -0.1) is 0 Å². The van der Waals surface area contributed by atoms with Crippen molar-refractivity contribution in [1.82, 2.24) is 25.4 Å². The van der Waals surface area contributed by atoms with Crippen molar-refractivity contribution in [2.75, 3.05) is 50.7 Å². The lowest BCUT2D eigenvalue weighted by molar-refractivity contribution is 0.0466. The van der Waals surface area contributed by atoms with Crippen molar-refractivity contribution in [3.63, 3.8) is 0 Å². The summed E-state index contributed by atoms with van der Waals surface area (Å²) < 4.78 is 5.42. The molecule has 3 aliphatic heterocycles. The third kappa shape index (κ3) is 7.90. The van der Waals surface area contributed by atoms with Gasteiger partial charge >= 0.3 is 6.09 Å². The van der Waals surface area contributed by atoms with Crippen LogP contribution in [0.1, 0.15) is 82.3 Å². The Balaban J connectivity index is 1.14. The Bertz CT molecular complexity index is 1400. The fourth-order valence-electron chi connectivity index (χ4n) is 6.53. The molecule has 1 aromatic heterocycles.